The number of primary amides is 1. The number of benzene rings is 1. The van der Waals surface area contributed by atoms with Crippen molar-refractivity contribution in [3.05, 3.63) is 59.8 Å². The molecule has 0 aliphatic heterocycles. The molecule has 1 heterocycles. The first-order chi connectivity index (χ1) is 10.5. The average molecular weight is 298 g/mol. The minimum absolute atomic E-state index is 0.377. The number of hydrogen-bond acceptors (Lipinski definition) is 4. The minimum Gasteiger partial charge on any atom is -0.368 e. The Morgan fingerprint density at radius 3 is 2.45 bits per heavy atom. The Morgan fingerprint density at radius 1 is 1.18 bits per heavy atom. The van der Waals surface area contributed by atoms with Crippen molar-refractivity contribution in [2.75, 3.05) is 19.0 Å². The van der Waals surface area contributed by atoms with E-state index in [1.54, 1.807) is 47.5 Å². The highest BCUT2D eigenvalue weighted by atomic mass is 16.2. The van der Waals surface area contributed by atoms with Gasteiger partial charge in [0.1, 0.15) is 11.9 Å². The normalized spacial score (nSPS) is 11.5. The molecule has 1 atom stereocenters. The lowest BCUT2D eigenvalue weighted by Gasteiger charge is -2.17. The third-order valence-corrected chi connectivity index (χ3v) is 3.16. The Morgan fingerprint density at radius 2 is 1.86 bits per heavy atom. The van der Waals surface area contributed by atoms with Crippen LogP contribution < -0.4 is 16.0 Å². The van der Waals surface area contributed by atoms with Crippen LogP contribution in [0.2, 0.25) is 0 Å². The van der Waals surface area contributed by atoms with Crippen molar-refractivity contribution in [1.82, 2.24) is 10.3 Å². The van der Waals surface area contributed by atoms with E-state index < -0.39 is 11.9 Å². The van der Waals surface area contributed by atoms with Gasteiger partial charge in [0, 0.05) is 25.9 Å². The monoisotopic (exact) mass is 298 g/mol. The highest BCUT2D eigenvalue weighted by molar-refractivity contribution is 5.98. The van der Waals surface area contributed by atoms with E-state index in [-0.39, 0.29) is 5.91 Å². The summed E-state index contributed by atoms with van der Waals surface area (Å²) in [5.74, 6) is -0.331. The van der Waals surface area contributed by atoms with E-state index in [1.165, 1.54) is 0 Å². The van der Waals surface area contributed by atoms with Gasteiger partial charge >= 0.3 is 0 Å². The number of nitrogens with zero attached hydrogens (tertiary/aromatic N) is 2. The zero-order chi connectivity index (χ0) is 16.1. The van der Waals surface area contributed by atoms with Crippen molar-refractivity contribution in [3.8, 4) is 0 Å². The second kappa shape index (κ2) is 6.71. The van der Waals surface area contributed by atoms with Gasteiger partial charge in [-0.15, -0.1) is 0 Å². The predicted octanol–water partition coefficient (Wildman–Crippen LogP) is 1.10. The van der Waals surface area contributed by atoms with Crippen LogP contribution in [-0.4, -0.2) is 30.9 Å². The molecule has 0 aliphatic carbocycles. The third-order valence-electron chi connectivity index (χ3n) is 3.16. The van der Waals surface area contributed by atoms with Crippen molar-refractivity contribution in [3.63, 3.8) is 0 Å². The number of anilines is 1. The first kappa shape index (κ1) is 15.5. The maximum absolute atomic E-state index is 12.3. The number of carbonyl (C=O) groups excluding carboxylic acids is 2. The second-order valence-corrected chi connectivity index (χ2v) is 5.02. The summed E-state index contributed by atoms with van der Waals surface area (Å²) < 4.78 is 0. The Kier molecular flexibility index (Phi) is 4.73. The van der Waals surface area contributed by atoms with Crippen molar-refractivity contribution in [1.29, 1.82) is 0 Å². The molecule has 0 bridgehead atoms. The molecule has 0 spiro atoms. The van der Waals surface area contributed by atoms with Gasteiger partial charge in [-0.3, -0.25) is 9.59 Å². The van der Waals surface area contributed by atoms with Crippen LogP contribution >= 0.6 is 0 Å². The number of amides is 2. The number of carbonyl (C=O) groups is 2. The fraction of sp³-hybridized carbons (Fsp3) is 0.188. The summed E-state index contributed by atoms with van der Waals surface area (Å²) in [6, 6.07) is 11.3. The van der Waals surface area contributed by atoms with Crippen LogP contribution in [0.4, 0.5) is 5.82 Å². The third kappa shape index (κ3) is 3.60. The second-order valence-electron chi connectivity index (χ2n) is 5.02. The molecule has 0 unspecified atom stereocenters. The molecule has 114 valence electrons. The molecule has 1 aromatic heterocycles. The molecule has 2 amide bonds. The van der Waals surface area contributed by atoms with Gasteiger partial charge in [0.15, 0.2) is 0 Å². The van der Waals surface area contributed by atoms with E-state index in [0.29, 0.717) is 16.9 Å². The van der Waals surface area contributed by atoms with Crippen molar-refractivity contribution in [2.24, 2.45) is 5.73 Å². The first-order valence-corrected chi connectivity index (χ1v) is 6.77. The van der Waals surface area contributed by atoms with Gasteiger partial charge in [-0.25, -0.2) is 4.98 Å². The Labute approximate surface area is 129 Å². The lowest BCUT2D eigenvalue weighted by atomic mass is 10.1. The van der Waals surface area contributed by atoms with Crippen LogP contribution in [0.3, 0.4) is 0 Å². The summed E-state index contributed by atoms with van der Waals surface area (Å²) in [7, 11) is 3.67. The molecule has 2 rings (SSSR count). The lowest BCUT2D eigenvalue weighted by molar-refractivity contribution is -0.120. The summed E-state index contributed by atoms with van der Waals surface area (Å²) in [4.78, 5) is 29.9. The SMILES string of the molecule is CN(C)c1cc(C(=O)N[C@H](C(N)=O)c2ccccc2)ccn1. The fourth-order valence-corrected chi connectivity index (χ4v) is 1.98. The summed E-state index contributed by atoms with van der Waals surface area (Å²) in [5, 5.41) is 2.66. The molecule has 0 aliphatic rings. The quantitative estimate of drug-likeness (QED) is 0.865. The Balaban J connectivity index is 2.22. The van der Waals surface area contributed by atoms with E-state index >= 15 is 0 Å². The largest absolute Gasteiger partial charge is 0.368 e. The maximum Gasteiger partial charge on any atom is 0.252 e. The highest BCUT2D eigenvalue weighted by Crippen LogP contribution is 2.14. The van der Waals surface area contributed by atoms with E-state index in [4.69, 9.17) is 5.73 Å². The molecule has 22 heavy (non-hydrogen) atoms. The van der Waals surface area contributed by atoms with E-state index in [2.05, 4.69) is 10.3 Å². The van der Waals surface area contributed by atoms with E-state index in [1.807, 2.05) is 20.2 Å². The molecule has 1 aromatic carbocycles. The summed E-state index contributed by atoms with van der Waals surface area (Å²) in [6.45, 7) is 0. The predicted molar refractivity (Wildman–Crippen MR) is 84.4 cm³/mol. The number of nitrogens with one attached hydrogen (secondary N) is 1. The van der Waals surface area contributed by atoms with Crippen LogP contribution in [0.1, 0.15) is 22.0 Å². The van der Waals surface area contributed by atoms with Crippen molar-refractivity contribution < 1.29 is 9.59 Å². The van der Waals surface area contributed by atoms with Crippen LogP contribution in [0.5, 0.6) is 0 Å². The summed E-state index contributed by atoms with van der Waals surface area (Å²) >= 11 is 0. The minimum atomic E-state index is -0.871. The van der Waals surface area contributed by atoms with Gasteiger partial charge in [0.05, 0.1) is 0 Å². The molecule has 0 radical (unpaired) electrons. The first-order valence-electron chi connectivity index (χ1n) is 6.77. The number of rotatable bonds is 5. The zero-order valence-corrected chi connectivity index (χ0v) is 12.5. The summed E-state index contributed by atoms with van der Waals surface area (Å²) in [6.07, 6.45) is 1.55. The van der Waals surface area contributed by atoms with Gasteiger partial charge in [0.25, 0.3) is 5.91 Å². The number of hydrogen-bond donors (Lipinski definition) is 2. The van der Waals surface area contributed by atoms with E-state index in [9.17, 15) is 9.59 Å². The molecular weight excluding hydrogens is 280 g/mol. The van der Waals surface area contributed by atoms with Crippen LogP contribution in [-0.2, 0) is 4.79 Å². The molecule has 6 heteroatoms. The van der Waals surface area contributed by atoms with Gasteiger partial charge in [-0.2, -0.15) is 0 Å². The van der Waals surface area contributed by atoms with E-state index in [0.717, 1.165) is 0 Å². The van der Waals surface area contributed by atoms with Crippen LogP contribution in [0.25, 0.3) is 0 Å². The average Bonchev–Trinajstić information content (AvgIpc) is 2.53. The van der Waals surface area contributed by atoms with Crippen LogP contribution in [0, 0.1) is 0 Å². The van der Waals surface area contributed by atoms with Crippen molar-refractivity contribution >= 4 is 17.6 Å². The van der Waals surface area contributed by atoms with Gasteiger partial charge in [-0.1, -0.05) is 30.3 Å². The van der Waals surface area contributed by atoms with Gasteiger partial charge in [-0.05, 0) is 17.7 Å². The smallest absolute Gasteiger partial charge is 0.252 e. The number of nitrogens with two attached hydrogens (primary N) is 1. The van der Waals surface area contributed by atoms with Gasteiger partial charge in [0.2, 0.25) is 5.91 Å². The van der Waals surface area contributed by atoms with Crippen molar-refractivity contribution in [2.45, 2.75) is 6.04 Å². The Hall–Kier alpha value is -2.89. The molecule has 2 aromatic rings. The lowest BCUT2D eigenvalue weighted by Crippen LogP contribution is -2.37. The molecule has 0 saturated carbocycles. The molecule has 0 saturated heterocycles. The molecule has 6 nitrogen and oxygen atoms in total. The standard InChI is InChI=1S/C16H18N4O2/c1-20(2)13-10-12(8-9-18-13)16(22)19-14(15(17)21)11-6-4-3-5-7-11/h3-10,14H,1-2H3,(H2,17,21)(H,19,22)/t14-/m0/s1. The Bertz CT molecular complexity index is 671. The highest BCUT2D eigenvalue weighted by Gasteiger charge is 2.21. The number of aromatic nitrogens is 1. The molecular formula is C16H18N4O2. The topological polar surface area (TPSA) is 88.3 Å². The van der Waals surface area contributed by atoms with Crippen LogP contribution in [0.15, 0.2) is 48.7 Å². The number of pyridine rings is 1. The molecule has 3 N–H and O–H groups in total. The zero-order valence-electron chi connectivity index (χ0n) is 12.5. The van der Waals surface area contributed by atoms with Gasteiger partial charge < -0.3 is 16.0 Å². The fourth-order valence-electron chi connectivity index (χ4n) is 1.98. The maximum atomic E-state index is 12.3. The summed E-state index contributed by atoms with van der Waals surface area (Å²) in [5.41, 5.74) is 6.46. The molecule has 0 fully saturated rings.